The molecule has 0 radical (unpaired) electrons. The molecule has 0 saturated carbocycles. The van der Waals surface area contributed by atoms with E-state index in [2.05, 4.69) is 255 Å². The Bertz CT molecular complexity index is 3170. The van der Waals surface area contributed by atoms with E-state index in [0.29, 0.717) is 0 Å². The molecule has 2 nitrogen and oxygen atoms in total. The molecular formula is C60H46N2. The molecule has 0 bridgehead atoms. The number of rotatable bonds is 8. The molecule has 0 amide bonds. The Morgan fingerprint density at radius 1 is 0.323 bits per heavy atom. The number of nitrogens with zero attached hydrogens (tertiary/aromatic N) is 2. The van der Waals surface area contributed by atoms with Crippen LogP contribution in [-0.4, -0.2) is 0 Å². The molecule has 1 aliphatic rings. The van der Waals surface area contributed by atoms with Crippen molar-refractivity contribution in [1.82, 2.24) is 0 Å². The summed E-state index contributed by atoms with van der Waals surface area (Å²) in [6.07, 6.45) is 0. The molecule has 0 unspecified atom stereocenters. The zero-order valence-corrected chi connectivity index (χ0v) is 35.3. The number of hydrogen-bond acceptors (Lipinski definition) is 2. The number of fused-ring (bicyclic) bond motifs is 6. The average Bonchev–Trinajstić information content (AvgIpc) is 3.55. The van der Waals surface area contributed by atoms with E-state index in [-0.39, 0.29) is 5.41 Å². The van der Waals surface area contributed by atoms with E-state index in [9.17, 15) is 0 Å². The van der Waals surface area contributed by atoms with Gasteiger partial charge in [-0.2, -0.15) is 0 Å². The standard InChI is InChI=1S/C60H46N2/c1-41-15-14-21-49(37-41)62(59-38-46-20-10-11-22-52(46)53-23-12-13-24-56(53)59)51-34-36-55-54-35-33-50(39-57(54)60(2,3)58(55)40-51)61(47-29-25-44(26-30-47)42-16-6-4-7-17-42)48-31-27-45(28-32-48)43-18-8-5-9-19-43/h4-40H,1-3H3. The third-order valence-electron chi connectivity index (χ3n) is 12.9. The minimum atomic E-state index is -0.263. The molecule has 0 aromatic heterocycles. The molecule has 10 aromatic rings. The zero-order valence-electron chi connectivity index (χ0n) is 35.3. The number of benzene rings is 10. The van der Waals surface area contributed by atoms with Gasteiger partial charge < -0.3 is 9.80 Å². The maximum Gasteiger partial charge on any atom is 0.0546 e. The van der Waals surface area contributed by atoms with Crippen molar-refractivity contribution in [2.24, 2.45) is 0 Å². The normalized spacial score (nSPS) is 12.6. The summed E-state index contributed by atoms with van der Waals surface area (Å²) in [5.74, 6) is 0. The van der Waals surface area contributed by atoms with E-state index in [1.807, 2.05) is 0 Å². The first-order valence-electron chi connectivity index (χ1n) is 21.6. The molecule has 0 atom stereocenters. The Kier molecular flexibility index (Phi) is 9.09. The highest BCUT2D eigenvalue weighted by atomic mass is 15.1. The molecule has 2 heteroatoms. The van der Waals surface area contributed by atoms with Crippen LogP contribution in [0.4, 0.5) is 34.1 Å². The second-order valence-corrected chi connectivity index (χ2v) is 17.1. The number of anilines is 6. The third-order valence-corrected chi connectivity index (χ3v) is 12.9. The van der Waals surface area contributed by atoms with Crippen LogP contribution in [0.25, 0.3) is 54.9 Å². The summed E-state index contributed by atoms with van der Waals surface area (Å²) in [5, 5.41) is 4.99. The molecule has 0 N–H and O–H groups in total. The smallest absolute Gasteiger partial charge is 0.0546 e. The fraction of sp³-hybridized carbons (Fsp3) is 0.0667. The van der Waals surface area contributed by atoms with Crippen LogP contribution in [0.5, 0.6) is 0 Å². The Labute approximate surface area is 364 Å². The monoisotopic (exact) mass is 794 g/mol. The van der Waals surface area contributed by atoms with Crippen molar-refractivity contribution in [1.29, 1.82) is 0 Å². The predicted molar refractivity (Wildman–Crippen MR) is 264 cm³/mol. The SMILES string of the molecule is Cc1cccc(N(c2ccc3c(c2)C(C)(C)c2cc(N(c4ccc(-c5ccccc5)cc4)c4ccc(-c5ccccc5)cc4)ccc2-3)c2cc3ccccc3c3ccccc23)c1. The van der Waals surface area contributed by atoms with Crippen LogP contribution in [0.1, 0.15) is 30.5 Å². The zero-order chi connectivity index (χ0) is 41.8. The maximum atomic E-state index is 2.46. The van der Waals surface area contributed by atoms with Gasteiger partial charge in [0.1, 0.15) is 0 Å². The minimum Gasteiger partial charge on any atom is -0.310 e. The lowest BCUT2D eigenvalue weighted by Crippen LogP contribution is -2.18. The largest absolute Gasteiger partial charge is 0.310 e. The lowest BCUT2D eigenvalue weighted by Gasteiger charge is -2.30. The number of aryl methyl sites for hydroxylation is 1. The van der Waals surface area contributed by atoms with Gasteiger partial charge in [-0.05, 0) is 140 Å². The molecule has 0 saturated heterocycles. The van der Waals surface area contributed by atoms with Crippen molar-refractivity contribution in [2.75, 3.05) is 9.80 Å². The molecule has 0 fully saturated rings. The van der Waals surface area contributed by atoms with E-state index in [4.69, 9.17) is 0 Å². The summed E-state index contributed by atoms with van der Waals surface area (Å²) < 4.78 is 0. The van der Waals surface area contributed by atoms with Crippen molar-refractivity contribution in [3.05, 3.63) is 241 Å². The van der Waals surface area contributed by atoms with Crippen LogP contribution < -0.4 is 9.80 Å². The Morgan fingerprint density at radius 3 is 1.34 bits per heavy atom. The van der Waals surface area contributed by atoms with Gasteiger partial charge in [-0.25, -0.2) is 0 Å². The summed E-state index contributed by atoms with van der Waals surface area (Å²) in [6.45, 7) is 6.96. The molecule has 0 spiro atoms. The minimum absolute atomic E-state index is 0.263. The summed E-state index contributed by atoms with van der Waals surface area (Å²) in [6, 6.07) is 82.2. The second kappa shape index (κ2) is 15.1. The van der Waals surface area contributed by atoms with Crippen LogP contribution in [0, 0.1) is 6.92 Å². The van der Waals surface area contributed by atoms with Gasteiger partial charge in [0, 0.05) is 39.2 Å². The molecule has 11 rings (SSSR count). The summed E-state index contributed by atoms with van der Waals surface area (Å²) in [4.78, 5) is 4.87. The van der Waals surface area contributed by atoms with Crippen LogP contribution in [0.3, 0.4) is 0 Å². The van der Waals surface area contributed by atoms with Crippen molar-refractivity contribution >= 4 is 55.7 Å². The van der Waals surface area contributed by atoms with Crippen molar-refractivity contribution in [3.8, 4) is 33.4 Å². The summed E-state index contributed by atoms with van der Waals surface area (Å²) in [7, 11) is 0. The van der Waals surface area contributed by atoms with E-state index in [1.54, 1.807) is 0 Å². The highest BCUT2D eigenvalue weighted by molar-refractivity contribution is 6.14. The molecular weight excluding hydrogens is 749 g/mol. The highest BCUT2D eigenvalue weighted by Gasteiger charge is 2.37. The second-order valence-electron chi connectivity index (χ2n) is 17.1. The van der Waals surface area contributed by atoms with E-state index >= 15 is 0 Å². The molecule has 10 aromatic carbocycles. The lowest BCUT2D eigenvalue weighted by molar-refractivity contribution is 0.660. The van der Waals surface area contributed by atoms with E-state index in [1.165, 1.54) is 77.3 Å². The summed E-state index contributed by atoms with van der Waals surface area (Å²) in [5.41, 5.74) is 17.9. The van der Waals surface area contributed by atoms with Gasteiger partial charge in [0.25, 0.3) is 0 Å². The van der Waals surface area contributed by atoms with Gasteiger partial charge in [0.2, 0.25) is 0 Å². The molecule has 296 valence electrons. The first-order valence-corrected chi connectivity index (χ1v) is 21.6. The van der Waals surface area contributed by atoms with Crippen LogP contribution in [0.2, 0.25) is 0 Å². The van der Waals surface area contributed by atoms with Gasteiger partial charge in [0.05, 0.1) is 5.69 Å². The van der Waals surface area contributed by atoms with Crippen LogP contribution >= 0.6 is 0 Å². The topological polar surface area (TPSA) is 6.48 Å². The molecule has 0 heterocycles. The van der Waals surface area contributed by atoms with Gasteiger partial charge in [-0.1, -0.05) is 172 Å². The first-order chi connectivity index (χ1) is 30.4. The van der Waals surface area contributed by atoms with Crippen molar-refractivity contribution in [3.63, 3.8) is 0 Å². The van der Waals surface area contributed by atoms with Crippen molar-refractivity contribution in [2.45, 2.75) is 26.2 Å². The van der Waals surface area contributed by atoms with Gasteiger partial charge in [-0.3, -0.25) is 0 Å². The van der Waals surface area contributed by atoms with E-state index in [0.717, 1.165) is 28.4 Å². The molecule has 1 aliphatic carbocycles. The summed E-state index contributed by atoms with van der Waals surface area (Å²) >= 11 is 0. The van der Waals surface area contributed by atoms with Gasteiger partial charge in [-0.15, -0.1) is 0 Å². The fourth-order valence-electron chi connectivity index (χ4n) is 9.72. The van der Waals surface area contributed by atoms with Crippen molar-refractivity contribution < 1.29 is 0 Å². The third kappa shape index (κ3) is 6.44. The maximum absolute atomic E-state index is 2.46. The van der Waals surface area contributed by atoms with E-state index < -0.39 is 0 Å². The average molecular weight is 795 g/mol. The Hall–Kier alpha value is -7.68. The Balaban J connectivity index is 1.03. The van der Waals surface area contributed by atoms with Crippen LogP contribution in [-0.2, 0) is 5.41 Å². The Morgan fingerprint density at radius 2 is 0.774 bits per heavy atom. The van der Waals surface area contributed by atoms with Crippen LogP contribution in [0.15, 0.2) is 224 Å². The number of hydrogen-bond donors (Lipinski definition) is 0. The quantitative estimate of drug-likeness (QED) is 0.141. The predicted octanol–water partition coefficient (Wildman–Crippen LogP) is 16.9. The lowest BCUT2D eigenvalue weighted by atomic mass is 9.82. The van der Waals surface area contributed by atoms with Gasteiger partial charge in [0.15, 0.2) is 0 Å². The van der Waals surface area contributed by atoms with Gasteiger partial charge >= 0.3 is 0 Å². The first kappa shape index (κ1) is 37.3. The molecule has 62 heavy (non-hydrogen) atoms. The molecule has 0 aliphatic heterocycles. The fourth-order valence-corrected chi connectivity index (χ4v) is 9.72. The highest BCUT2D eigenvalue weighted by Crippen LogP contribution is 2.53.